The van der Waals surface area contributed by atoms with E-state index in [-0.39, 0.29) is 5.91 Å². The predicted molar refractivity (Wildman–Crippen MR) is 59.5 cm³/mol. The Balaban J connectivity index is 1.65. The van der Waals surface area contributed by atoms with E-state index >= 15 is 0 Å². The molecule has 2 fully saturated rings. The molecule has 0 aromatic rings. The Morgan fingerprint density at radius 3 is 2.86 bits per heavy atom. The van der Waals surface area contributed by atoms with Crippen molar-refractivity contribution in [3.63, 3.8) is 0 Å². The van der Waals surface area contributed by atoms with E-state index in [1.807, 2.05) is 0 Å². The molecule has 2 rings (SSSR count). The first-order valence-electron chi connectivity index (χ1n) is 5.36. The second-order valence-electron chi connectivity index (χ2n) is 4.32. The van der Waals surface area contributed by atoms with Crippen LogP contribution in [0.4, 0.5) is 0 Å². The highest BCUT2D eigenvalue weighted by molar-refractivity contribution is 9.09. The number of amides is 1. The van der Waals surface area contributed by atoms with Gasteiger partial charge in [-0.25, -0.2) is 0 Å². The lowest BCUT2D eigenvalue weighted by Gasteiger charge is -2.14. The summed E-state index contributed by atoms with van der Waals surface area (Å²) < 4.78 is 0. The van der Waals surface area contributed by atoms with Crippen molar-refractivity contribution in [3.05, 3.63) is 0 Å². The number of hydrogen-bond donors (Lipinski definition) is 1. The molecule has 1 aliphatic carbocycles. The molecule has 1 saturated carbocycles. The molecular weight excluding hydrogens is 244 g/mol. The number of likely N-dealkylation sites (tertiary alicyclic amines) is 1. The van der Waals surface area contributed by atoms with E-state index in [2.05, 4.69) is 26.1 Å². The first-order valence-corrected chi connectivity index (χ1v) is 6.48. The summed E-state index contributed by atoms with van der Waals surface area (Å²) in [4.78, 5) is 13.6. The van der Waals surface area contributed by atoms with Gasteiger partial charge in [-0.1, -0.05) is 15.9 Å². The van der Waals surface area contributed by atoms with Gasteiger partial charge in [0.05, 0.1) is 5.33 Å². The first-order chi connectivity index (χ1) is 6.79. The van der Waals surface area contributed by atoms with Gasteiger partial charge in [0.15, 0.2) is 0 Å². The lowest BCUT2D eigenvalue weighted by atomic mass is 10.1. The zero-order valence-electron chi connectivity index (χ0n) is 8.34. The minimum atomic E-state index is 0.106. The van der Waals surface area contributed by atoms with Crippen molar-refractivity contribution in [1.29, 1.82) is 0 Å². The van der Waals surface area contributed by atoms with Gasteiger partial charge in [-0.3, -0.25) is 4.79 Å². The summed E-state index contributed by atoms with van der Waals surface area (Å²) in [6.07, 6.45) is 4.03. The Morgan fingerprint density at radius 2 is 2.21 bits per heavy atom. The highest BCUT2D eigenvalue weighted by atomic mass is 79.9. The zero-order valence-corrected chi connectivity index (χ0v) is 9.92. The van der Waals surface area contributed by atoms with Crippen LogP contribution in [0.1, 0.15) is 19.3 Å². The molecule has 0 radical (unpaired) electrons. The van der Waals surface area contributed by atoms with Crippen LogP contribution in [0.2, 0.25) is 0 Å². The molecule has 4 heteroatoms. The van der Waals surface area contributed by atoms with Crippen molar-refractivity contribution in [3.8, 4) is 0 Å². The highest BCUT2D eigenvalue weighted by Crippen LogP contribution is 2.31. The van der Waals surface area contributed by atoms with Crippen LogP contribution in [-0.2, 0) is 4.79 Å². The molecule has 1 atom stereocenters. The molecule has 1 heterocycles. The summed E-state index contributed by atoms with van der Waals surface area (Å²) >= 11 is 3.15. The van der Waals surface area contributed by atoms with Gasteiger partial charge >= 0.3 is 0 Å². The standard InChI is InChI=1S/C10H17BrN2O/c11-5-10(14)12-6-8-3-4-13(7-8)9-1-2-9/h8-9H,1-7H2,(H,12,14). The first kappa shape index (κ1) is 10.4. The summed E-state index contributed by atoms with van der Waals surface area (Å²) in [6.45, 7) is 3.28. The SMILES string of the molecule is O=C(CBr)NCC1CCN(C2CC2)C1. The van der Waals surface area contributed by atoms with E-state index in [1.54, 1.807) is 0 Å². The second kappa shape index (κ2) is 4.62. The number of alkyl halides is 1. The highest BCUT2D eigenvalue weighted by Gasteiger charge is 2.34. The molecule has 1 unspecified atom stereocenters. The summed E-state index contributed by atoms with van der Waals surface area (Å²) in [5.74, 6) is 0.786. The van der Waals surface area contributed by atoms with Gasteiger partial charge in [0, 0.05) is 19.1 Å². The van der Waals surface area contributed by atoms with E-state index in [9.17, 15) is 4.79 Å². The number of carbonyl (C=O) groups excluding carboxylic acids is 1. The van der Waals surface area contributed by atoms with Gasteiger partial charge in [-0.15, -0.1) is 0 Å². The largest absolute Gasteiger partial charge is 0.355 e. The number of carbonyl (C=O) groups is 1. The van der Waals surface area contributed by atoms with Crippen LogP contribution in [0.15, 0.2) is 0 Å². The minimum Gasteiger partial charge on any atom is -0.355 e. The monoisotopic (exact) mass is 260 g/mol. The average molecular weight is 261 g/mol. The maximum atomic E-state index is 11.0. The lowest BCUT2D eigenvalue weighted by Crippen LogP contribution is -2.32. The molecule has 0 spiro atoms. The van der Waals surface area contributed by atoms with E-state index in [4.69, 9.17) is 0 Å². The average Bonchev–Trinajstić information content (AvgIpc) is 2.95. The third-order valence-corrected chi connectivity index (χ3v) is 3.60. The van der Waals surface area contributed by atoms with E-state index in [0.29, 0.717) is 11.2 Å². The third kappa shape index (κ3) is 2.70. The molecule has 1 N–H and O–H groups in total. The fourth-order valence-corrected chi connectivity index (χ4v) is 2.30. The number of rotatable bonds is 4. The smallest absolute Gasteiger partial charge is 0.230 e. The summed E-state index contributed by atoms with van der Waals surface area (Å²) in [6, 6.07) is 0.881. The van der Waals surface area contributed by atoms with Crippen LogP contribution < -0.4 is 5.32 Å². The Morgan fingerprint density at radius 1 is 1.43 bits per heavy atom. The van der Waals surface area contributed by atoms with Crippen LogP contribution in [0.3, 0.4) is 0 Å². The van der Waals surface area contributed by atoms with E-state index in [1.165, 1.54) is 32.4 Å². The number of nitrogens with zero attached hydrogens (tertiary/aromatic N) is 1. The van der Waals surface area contributed by atoms with Gasteiger partial charge < -0.3 is 10.2 Å². The van der Waals surface area contributed by atoms with Crippen LogP contribution in [0.5, 0.6) is 0 Å². The van der Waals surface area contributed by atoms with Crippen molar-refractivity contribution in [2.24, 2.45) is 5.92 Å². The molecule has 1 aliphatic heterocycles. The molecule has 0 aromatic heterocycles. The van der Waals surface area contributed by atoms with Gasteiger partial charge in [0.25, 0.3) is 0 Å². The fourth-order valence-electron chi connectivity index (χ4n) is 2.11. The second-order valence-corrected chi connectivity index (χ2v) is 4.88. The van der Waals surface area contributed by atoms with Crippen molar-refractivity contribution in [2.75, 3.05) is 25.0 Å². The third-order valence-electron chi connectivity index (χ3n) is 3.09. The predicted octanol–water partition coefficient (Wildman–Crippen LogP) is 0.982. The molecule has 2 aliphatic rings. The zero-order chi connectivity index (χ0) is 9.97. The fraction of sp³-hybridized carbons (Fsp3) is 0.900. The Labute approximate surface area is 93.4 Å². The van der Waals surface area contributed by atoms with Gasteiger partial charge in [0.2, 0.25) is 5.91 Å². The van der Waals surface area contributed by atoms with Crippen molar-refractivity contribution in [1.82, 2.24) is 10.2 Å². The maximum absolute atomic E-state index is 11.0. The Bertz CT molecular complexity index is 218. The number of halogens is 1. The minimum absolute atomic E-state index is 0.106. The van der Waals surface area contributed by atoms with Crippen LogP contribution in [0, 0.1) is 5.92 Å². The van der Waals surface area contributed by atoms with Crippen molar-refractivity contribution >= 4 is 21.8 Å². The number of nitrogens with one attached hydrogen (secondary N) is 1. The molecular formula is C10H17BrN2O. The van der Waals surface area contributed by atoms with E-state index in [0.717, 1.165) is 12.6 Å². The molecule has 0 bridgehead atoms. The normalized spacial score (nSPS) is 27.9. The summed E-state index contributed by atoms with van der Waals surface area (Å²) in [5.41, 5.74) is 0. The van der Waals surface area contributed by atoms with E-state index < -0.39 is 0 Å². The molecule has 14 heavy (non-hydrogen) atoms. The molecule has 3 nitrogen and oxygen atoms in total. The van der Waals surface area contributed by atoms with Gasteiger partial charge in [-0.2, -0.15) is 0 Å². The summed E-state index contributed by atoms with van der Waals surface area (Å²) in [7, 11) is 0. The van der Waals surface area contributed by atoms with Crippen molar-refractivity contribution in [2.45, 2.75) is 25.3 Å². The van der Waals surface area contributed by atoms with Crippen molar-refractivity contribution < 1.29 is 4.79 Å². The van der Waals surface area contributed by atoms with Crippen LogP contribution in [-0.4, -0.2) is 41.8 Å². The quantitative estimate of drug-likeness (QED) is 0.765. The Hall–Kier alpha value is -0.0900. The maximum Gasteiger partial charge on any atom is 0.230 e. The van der Waals surface area contributed by atoms with Crippen LogP contribution >= 0.6 is 15.9 Å². The van der Waals surface area contributed by atoms with Gasteiger partial charge in [-0.05, 0) is 31.7 Å². The topological polar surface area (TPSA) is 32.3 Å². The Kier molecular flexibility index (Phi) is 3.44. The summed E-state index contributed by atoms with van der Waals surface area (Å²) in [5, 5.41) is 3.36. The van der Waals surface area contributed by atoms with Crippen LogP contribution in [0.25, 0.3) is 0 Å². The number of hydrogen-bond acceptors (Lipinski definition) is 2. The molecule has 80 valence electrons. The molecule has 0 aromatic carbocycles. The molecule has 1 amide bonds. The molecule has 1 saturated heterocycles. The lowest BCUT2D eigenvalue weighted by molar-refractivity contribution is -0.118. The van der Waals surface area contributed by atoms with Gasteiger partial charge in [0.1, 0.15) is 0 Å².